The van der Waals surface area contributed by atoms with Crippen LogP contribution < -0.4 is 10.6 Å². The third kappa shape index (κ3) is 4.20. The number of hydrogen-bond acceptors (Lipinski definition) is 3. The molecule has 1 saturated heterocycles. The molecule has 2 atom stereocenters. The van der Waals surface area contributed by atoms with Crippen molar-refractivity contribution in [3.05, 3.63) is 21.9 Å². The molecule has 1 aromatic rings. The van der Waals surface area contributed by atoms with Crippen molar-refractivity contribution in [3.8, 4) is 0 Å². The zero-order valence-corrected chi connectivity index (χ0v) is 13.6. The Balaban J connectivity index is 1.79. The molecule has 0 spiro atoms. The summed E-state index contributed by atoms with van der Waals surface area (Å²) in [4.78, 5) is 27.8. The van der Waals surface area contributed by atoms with E-state index in [4.69, 9.17) is 0 Å². The Kier molecular flexibility index (Phi) is 5.22. The van der Waals surface area contributed by atoms with Gasteiger partial charge >= 0.3 is 6.03 Å². The number of carbonyl (C=O) groups excluding carboxylic acids is 2. The maximum Gasteiger partial charge on any atom is 0.315 e. The quantitative estimate of drug-likeness (QED) is 0.897. The summed E-state index contributed by atoms with van der Waals surface area (Å²) >= 11 is 1.69. The third-order valence-electron chi connectivity index (χ3n) is 3.71. The summed E-state index contributed by atoms with van der Waals surface area (Å²) in [5.74, 6) is 0.155. The highest BCUT2D eigenvalue weighted by molar-refractivity contribution is 7.12. The van der Waals surface area contributed by atoms with Gasteiger partial charge in [-0.1, -0.05) is 6.92 Å². The highest BCUT2D eigenvalue weighted by Crippen LogP contribution is 2.22. The van der Waals surface area contributed by atoms with Crippen molar-refractivity contribution in [1.82, 2.24) is 15.5 Å². The first-order chi connectivity index (χ1) is 9.99. The molecular formula is C15H23N3O2S. The molecule has 0 radical (unpaired) electrons. The van der Waals surface area contributed by atoms with E-state index in [-0.39, 0.29) is 24.0 Å². The summed E-state index contributed by atoms with van der Waals surface area (Å²) in [6, 6.07) is 3.99. The minimum atomic E-state index is -0.163. The van der Waals surface area contributed by atoms with Crippen LogP contribution in [0.2, 0.25) is 0 Å². The van der Waals surface area contributed by atoms with Crippen LogP contribution in [-0.4, -0.2) is 36.0 Å². The van der Waals surface area contributed by atoms with Crippen LogP contribution in [0.25, 0.3) is 0 Å². The molecule has 0 unspecified atom stereocenters. The fraction of sp³-hybridized carbons (Fsp3) is 0.600. The molecule has 2 N–H and O–H groups in total. The molecular weight excluding hydrogens is 286 g/mol. The normalized spacial score (nSPS) is 19.4. The van der Waals surface area contributed by atoms with Gasteiger partial charge < -0.3 is 15.5 Å². The zero-order chi connectivity index (χ0) is 15.4. The fourth-order valence-corrected chi connectivity index (χ4v) is 3.39. The van der Waals surface area contributed by atoms with Crippen LogP contribution in [0, 0.1) is 6.92 Å². The number of nitrogens with zero attached hydrogens (tertiary/aromatic N) is 1. The van der Waals surface area contributed by atoms with Crippen LogP contribution in [0.3, 0.4) is 0 Å². The Labute approximate surface area is 129 Å². The molecule has 0 bridgehead atoms. The molecule has 2 rings (SSSR count). The lowest BCUT2D eigenvalue weighted by atomic mass is 10.2. The van der Waals surface area contributed by atoms with Crippen LogP contribution in [0.15, 0.2) is 12.1 Å². The van der Waals surface area contributed by atoms with Gasteiger partial charge in [0.25, 0.3) is 0 Å². The number of amides is 3. The molecule has 2 heterocycles. The van der Waals surface area contributed by atoms with Crippen molar-refractivity contribution in [2.75, 3.05) is 13.1 Å². The highest BCUT2D eigenvalue weighted by Gasteiger charge is 2.26. The van der Waals surface area contributed by atoms with Gasteiger partial charge in [-0.3, -0.25) is 4.79 Å². The summed E-state index contributed by atoms with van der Waals surface area (Å²) in [7, 11) is 0. The first kappa shape index (κ1) is 15.8. The lowest BCUT2D eigenvalue weighted by Crippen LogP contribution is -2.44. The number of hydrogen-bond donors (Lipinski definition) is 2. The monoisotopic (exact) mass is 309 g/mol. The first-order valence-electron chi connectivity index (χ1n) is 7.40. The molecule has 1 aromatic heterocycles. The topological polar surface area (TPSA) is 61.4 Å². The predicted octanol–water partition coefficient (Wildman–Crippen LogP) is 2.43. The molecule has 3 amide bonds. The molecule has 21 heavy (non-hydrogen) atoms. The zero-order valence-electron chi connectivity index (χ0n) is 12.8. The minimum absolute atomic E-state index is 0.00141. The van der Waals surface area contributed by atoms with Gasteiger partial charge in [0.05, 0.1) is 6.04 Å². The van der Waals surface area contributed by atoms with Crippen molar-refractivity contribution >= 4 is 23.3 Å². The summed E-state index contributed by atoms with van der Waals surface area (Å²) in [5.41, 5.74) is 0. The Morgan fingerprint density at radius 3 is 2.86 bits per heavy atom. The number of carbonyl (C=O) groups is 2. The van der Waals surface area contributed by atoms with Gasteiger partial charge in [-0.15, -0.1) is 11.3 Å². The standard InChI is InChI=1S/C15H23N3O2S/c1-4-14(19)18-8-7-12(9-18)17-15(20)16-11(3)13-6-5-10(2)21-13/h5-6,11-12H,4,7-9H2,1-3H3,(H2,16,17,20)/t11-,12-/m0/s1. The van der Waals surface area contributed by atoms with Crippen LogP contribution in [0.5, 0.6) is 0 Å². The molecule has 1 fully saturated rings. The van der Waals surface area contributed by atoms with E-state index < -0.39 is 0 Å². The average molecular weight is 309 g/mol. The average Bonchev–Trinajstić information content (AvgIpc) is 3.07. The Hall–Kier alpha value is -1.56. The van der Waals surface area contributed by atoms with E-state index in [1.54, 1.807) is 11.3 Å². The van der Waals surface area contributed by atoms with Crippen LogP contribution >= 0.6 is 11.3 Å². The number of thiophene rings is 1. The minimum Gasteiger partial charge on any atom is -0.341 e. The molecule has 0 aromatic carbocycles. The van der Waals surface area contributed by atoms with Crippen molar-refractivity contribution in [3.63, 3.8) is 0 Å². The van der Waals surface area contributed by atoms with Crippen molar-refractivity contribution in [1.29, 1.82) is 0 Å². The lowest BCUT2D eigenvalue weighted by Gasteiger charge is -2.18. The maximum absolute atomic E-state index is 12.0. The Morgan fingerprint density at radius 2 is 2.24 bits per heavy atom. The lowest BCUT2D eigenvalue weighted by molar-refractivity contribution is -0.129. The van der Waals surface area contributed by atoms with Gasteiger partial charge in [-0.2, -0.15) is 0 Å². The van der Waals surface area contributed by atoms with Crippen LogP contribution in [0.4, 0.5) is 4.79 Å². The van der Waals surface area contributed by atoms with Gasteiger partial charge in [0.2, 0.25) is 5.91 Å². The SMILES string of the molecule is CCC(=O)N1CC[C@H](NC(=O)N[C@@H](C)c2ccc(C)s2)C1. The van der Waals surface area contributed by atoms with Crippen LogP contribution in [-0.2, 0) is 4.79 Å². The first-order valence-corrected chi connectivity index (χ1v) is 8.22. The largest absolute Gasteiger partial charge is 0.341 e. The van der Waals surface area contributed by atoms with Crippen molar-refractivity contribution in [2.45, 2.75) is 45.7 Å². The Morgan fingerprint density at radius 1 is 1.48 bits per heavy atom. The molecule has 1 aliphatic heterocycles. The highest BCUT2D eigenvalue weighted by atomic mass is 32.1. The van der Waals surface area contributed by atoms with E-state index in [1.807, 2.05) is 24.8 Å². The summed E-state index contributed by atoms with van der Waals surface area (Å²) in [6.07, 6.45) is 1.35. The van der Waals surface area contributed by atoms with E-state index in [1.165, 1.54) is 4.88 Å². The van der Waals surface area contributed by atoms with E-state index >= 15 is 0 Å². The maximum atomic E-state index is 12.0. The van der Waals surface area contributed by atoms with Gasteiger partial charge in [0.15, 0.2) is 0 Å². The smallest absolute Gasteiger partial charge is 0.315 e. The van der Waals surface area contributed by atoms with Gasteiger partial charge in [-0.05, 0) is 32.4 Å². The molecule has 116 valence electrons. The molecule has 1 aliphatic rings. The van der Waals surface area contributed by atoms with Crippen molar-refractivity contribution < 1.29 is 9.59 Å². The molecule has 0 aliphatic carbocycles. The summed E-state index contributed by atoms with van der Waals surface area (Å²) in [6.45, 7) is 7.25. The number of urea groups is 1. The van der Waals surface area contributed by atoms with Gasteiger partial charge in [0.1, 0.15) is 0 Å². The second kappa shape index (κ2) is 6.93. The van der Waals surface area contributed by atoms with Gasteiger partial charge in [0, 0.05) is 35.3 Å². The molecule has 5 nitrogen and oxygen atoms in total. The summed E-state index contributed by atoms with van der Waals surface area (Å²) in [5, 5.41) is 5.91. The molecule has 0 saturated carbocycles. The number of aryl methyl sites for hydroxylation is 1. The van der Waals surface area contributed by atoms with E-state index in [9.17, 15) is 9.59 Å². The predicted molar refractivity (Wildman–Crippen MR) is 84.4 cm³/mol. The van der Waals surface area contributed by atoms with E-state index in [2.05, 4.69) is 23.6 Å². The van der Waals surface area contributed by atoms with Crippen LogP contribution in [0.1, 0.15) is 42.5 Å². The fourth-order valence-electron chi connectivity index (χ4n) is 2.51. The second-order valence-electron chi connectivity index (χ2n) is 5.47. The number of nitrogens with one attached hydrogen (secondary N) is 2. The van der Waals surface area contributed by atoms with Crippen molar-refractivity contribution in [2.24, 2.45) is 0 Å². The summed E-state index contributed by atoms with van der Waals surface area (Å²) < 4.78 is 0. The van der Waals surface area contributed by atoms with E-state index in [0.717, 1.165) is 17.8 Å². The molecule has 6 heteroatoms. The number of likely N-dealkylation sites (tertiary alicyclic amines) is 1. The van der Waals surface area contributed by atoms with E-state index in [0.29, 0.717) is 13.0 Å². The number of rotatable bonds is 4. The Bertz CT molecular complexity index is 515. The van der Waals surface area contributed by atoms with Gasteiger partial charge in [-0.25, -0.2) is 4.79 Å². The second-order valence-corrected chi connectivity index (χ2v) is 6.79. The third-order valence-corrected chi connectivity index (χ3v) is 4.90.